The van der Waals surface area contributed by atoms with Gasteiger partial charge in [0.15, 0.2) is 0 Å². The Balaban J connectivity index is 2.51. The van der Waals surface area contributed by atoms with E-state index in [4.69, 9.17) is 0 Å². The zero-order valence-electron chi connectivity index (χ0n) is 7.01. The molecular weight excluding hydrogens is 176 g/mol. The van der Waals surface area contributed by atoms with Crippen LogP contribution in [0.2, 0.25) is 0 Å². The van der Waals surface area contributed by atoms with Crippen molar-refractivity contribution in [3.63, 3.8) is 0 Å². The lowest BCUT2D eigenvalue weighted by Crippen LogP contribution is -2.07. The van der Waals surface area contributed by atoms with Crippen molar-refractivity contribution in [1.29, 1.82) is 0 Å². The third-order valence-electron chi connectivity index (χ3n) is 1.07. The van der Waals surface area contributed by atoms with E-state index in [0.29, 0.717) is 0 Å². The maximum atomic E-state index is 10.8. The Morgan fingerprint density at radius 2 is 2.18 bits per heavy atom. The minimum Gasteiger partial charge on any atom is -0.282 e. The molecule has 0 aromatic heterocycles. The van der Waals surface area contributed by atoms with Crippen LogP contribution in [-0.2, 0) is 4.79 Å². The monoisotopic (exact) mass is 188 g/mol. The van der Waals surface area contributed by atoms with Crippen molar-refractivity contribution < 1.29 is 4.79 Å². The van der Waals surface area contributed by atoms with Crippen molar-refractivity contribution in [2.75, 3.05) is 5.75 Å². The third kappa shape index (κ3) is 3.34. The molecule has 0 N–H and O–H groups in total. The SMILES string of the molecule is CC(C)(C)SC1=CC(=O)SC1. The zero-order valence-corrected chi connectivity index (χ0v) is 8.64. The first kappa shape index (κ1) is 9.20. The Hall–Kier alpha value is 0.110. The van der Waals surface area contributed by atoms with Gasteiger partial charge in [0.1, 0.15) is 0 Å². The van der Waals surface area contributed by atoms with E-state index in [0.717, 1.165) is 5.75 Å². The Morgan fingerprint density at radius 3 is 2.55 bits per heavy atom. The maximum absolute atomic E-state index is 10.8. The molecule has 1 rings (SSSR count). The summed E-state index contributed by atoms with van der Waals surface area (Å²) < 4.78 is 0.233. The Morgan fingerprint density at radius 1 is 1.55 bits per heavy atom. The second-order valence-corrected chi connectivity index (χ2v) is 6.37. The molecule has 0 radical (unpaired) electrons. The van der Waals surface area contributed by atoms with E-state index in [1.165, 1.54) is 16.7 Å². The van der Waals surface area contributed by atoms with Gasteiger partial charge in [-0.25, -0.2) is 0 Å². The topological polar surface area (TPSA) is 17.1 Å². The highest BCUT2D eigenvalue weighted by atomic mass is 32.2. The summed E-state index contributed by atoms with van der Waals surface area (Å²) in [6.07, 6.45) is 1.75. The molecule has 0 saturated heterocycles. The average Bonchev–Trinajstić information content (AvgIpc) is 2.10. The Labute approximate surface area is 76.0 Å². The van der Waals surface area contributed by atoms with Gasteiger partial charge in [0.05, 0.1) is 0 Å². The molecular formula is C8H12OS2. The normalized spacial score (nSPS) is 18.8. The number of hydrogen-bond donors (Lipinski definition) is 0. The lowest BCUT2D eigenvalue weighted by Gasteiger charge is -2.17. The van der Waals surface area contributed by atoms with Gasteiger partial charge in [0, 0.05) is 21.5 Å². The van der Waals surface area contributed by atoms with E-state index < -0.39 is 0 Å². The molecule has 0 aromatic carbocycles. The molecule has 3 heteroatoms. The molecule has 0 saturated carbocycles. The van der Waals surface area contributed by atoms with Gasteiger partial charge < -0.3 is 0 Å². The van der Waals surface area contributed by atoms with Gasteiger partial charge >= 0.3 is 0 Å². The van der Waals surface area contributed by atoms with Gasteiger partial charge in [-0.1, -0.05) is 32.5 Å². The average molecular weight is 188 g/mol. The highest BCUT2D eigenvalue weighted by Gasteiger charge is 2.19. The van der Waals surface area contributed by atoms with Crippen LogP contribution in [0.1, 0.15) is 20.8 Å². The Kier molecular flexibility index (Phi) is 2.70. The Bertz CT molecular complexity index is 201. The van der Waals surface area contributed by atoms with Crippen LogP contribution in [-0.4, -0.2) is 15.6 Å². The second-order valence-electron chi connectivity index (χ2n) is 3.43. The summed E-state index contributed by atoms with van der Waals surface area (Å²) in [6, 6.07) is 0. The van der Waals surface area contributed by atoms with Gasteiger partial charge in [0.25, 0.3) is 0 Å². The molecule has 0 fully saturated rings. The van der Waals surface area contributed by atoms with Gasteiger partial charge in [0.2, 0.25) is 5.12 Å². The molecule has 0 atom stereocenters. The fraction of sp³-hybridized carbons (Fsp3) is 0.625. The molecule has 1 nitrogen and oxygen atoms in total. The lowest BCUT2D eigenvalue weighted by molar-refractivity contribution is -0.106. The van der Waals surface area contributed by atoms with Crippen LogP contribution in [0.5, 0.6) is 0 Å². The maximum Gasteiger partial charge on any atom is 0.213 e. The van der Waals surface area contributed by atoms with Crippen molar-refractivity contribution >= 4 is 28.6 Å². The van der Waals surface area contributed by atoms with E-state index in [2.05, 4.69) is 20.8 Å². The quantitative estimate of drug-likeness (QED) is 0.630. The summed E-state index contributed by atoms with van der Waals surface area (Å²) in [6.45, 7) is 6.48. The molecule has 1 aliphatic heterocycles. The molecule has 0 unspecified atom stereocenters. The van der Waals surface area contributed by atoms with Crippen LogP contribution in [0.25, 0.3) is 0 Å². The number of hydrogen-bond acceptors (Lipinski definition) is 3. The fourth-order valence-corrected chi connectivity index (χ4v) is 2.84. The summed E-state index contributed by atoms with van der Waals surface area (Å²) >= 11 is 3.18. The largest absolute Gasteiger partial charge is 0.282 e. The first-order valence-electron chi connectivity index (χ1n) is 3.54. The third-order valence-corrected chi connectivity index (χ3v) is 3.25. The van der Waals surface area contributed by atoms with E-state index in [9.17, 15) is 4.79 Å². The summed E-state index contributed by atoms with van der Waals surface area (Å²) in [7, 11) is 0. The smallest absolute Gasteiger partial charge is 0.213 e. The van der Waals surface area contributed by atoms with Crippen LogP contribution in [0, 0.1) is 0 Å². The first-order chi connectivity index (χ1) is 4.97. The molecule has 0 bridgehead atoms. The predicted molar refractivity (Wildman–Crippen MR) is 52.9 cm³/mol. The van der Waals surface area contributed by atoms with E-state index in [1.807, 2.05) is 0 Å². The highest BCUT2D eigenvalue weighted by Crippen LogP contribution is 2.36. The molecule has 62 valence electrons. The highest BCUT2D eigenvalue weighted by molar-refractivity contribution is 8.16. The first-order valence-corrected chi connectivity index (χ1v) is 5.34. The van der Waals surface area contributed by atoms with Crippen LogP contribution >= 0.6 is 23.5 Å². The minimum absolute atomic E-state index is 0.205. The van der Waals surface area contributed by atoms with Crippen molar-refractivity contribution in [1.82, 2.24) is 0 Å². The molecule has 0 amide bonds. The summed E-state index contributed by atoms with van der Waals surface area (Å²) in [4.78, 5) is 12.0. The molecule has 0 spiro atoms. The fourth-order valence-electron chi connectivity index (χ4n) is 0.809. The van der Waals surface area contributed by atoms with E-state index in [-0.39, 0.29) is 9.86 Å². The second kappa shape index (κ2) is 3.23. The predicted octanol–water partition coefficient (Wildman–Crippen LogP) is 2.68. The van der Waals surface area contributed by atoms with Crippen molar-refractivity contribution in [2.24, 2.45) is 0 Å². The number of carbonyl (C=O) groups excluding carboxylic acids is 1. The van der Waals surface area contributed by atoms with Gasteiger partial charge in [-0.2, -0.15) is 0 Å². The van der Waals surface area contributed by atoms with E-state index in [1.54, 1.807) is 17.8 Å². The van der Waals surface area contributed by atoms with E-state index >= 15 is 0 Å². The number of thioether (sulfide) groups is 2. The van der Waals surface area contributed by atoms with Crippen molar-refractivity contribution in [2.45, 2.75) is 25.5 Å². The molecule has 11 heavy (non-hydrogen) atoms. The van der Waals surface area contributed by atoms with Crippen LogP contribution < -0.4 is 0 Å². The standard InChI is InChI=1S/C8H12OS2/c1-8(2,3)11-6-4-7(9)10-5-6/h4H,5H2,1-3H3. The van der Waals surface area contributed by atoms with Crippen molar-refractivity contribution in [3.8, 4) is 0 Å². The summed E-state index contributed by atoms with van der Waals surface area (Å²) in [5.74, 6) is 0.876. The number of carbonyl (C=O) groups is 1. The van der Waals surface area contributed by atoms with Crippen molar-refractivity contribution in [3.05, 3.63) is 11.0 Å². The molecule has 1 aliphatic rings. The summed E-state index contributed by atoms with van der Waals surface area (Å²) in [5.41, 5.74) is 0. The summed E-state index contributed by atoms with van der Waals surface area (Å²) in [5, 5.41) is 0.205. The van der Waals surface area contributed by atoms with Gasteiger partial charge in [-0.05, 0) is 0 Å². The van der Waals surface area contributed by atoms with Gasteiger partial charge in [-0.15, -0.1) is 11.8 Å². The van der Waals surface area contributed by atoms with Crippen LogP contribution in [0.15, 0.2) is 11.0 Å². The zero-order chi connectivity index (χ0) is 8.48. The molecule has 0 aromatic rings. The van der Waals surface area contributed by atoms with Gasteiger partial charge in [-0.3, -0.25) is 4.79 Å². The van der Waals surface area contributed by atoms with Crippen LogP contribution in [0.4, 0.5) is 0 Å². The lowest BCUT2D eigenvalue weighted by atomic mass is 10.3. The minimum atomic E-state index is 0.205. The number of rotatable bonds is 1. The molecule has 1 heterocycles. The molecule has 0 aliphatic carbocycles. The van der Waals surface area contributed by atoms with Crippen LogP contribution in [0.3, 0.4) is 0 Å².